The predicted molar refractivity (Wildman–Crippen MR) is 116 cm³/mol. The largest absolute Gasteiger partial charge is 0.573 e. The molecule has 6 nitrogen and oxygen atoms in total. The first-order valence-electron chi connectivity index (χ1n) is 9.84. The lowest BCUT2D eigenvalue weighted by molar-refractivity contribution is -0.274. The summed E-state index contributed by atoms with van der Waals surface area (Å²) in [6.07, 6.45) is -4.73. The second-order valence-electron chi connectivity index (χ2n) is 6.86. The van der Waals surface area contributed by atoms with Crippen LogP contribution in [0.3, 0.4) is 0 Å². The number of halogens is 3. The number of aliphatic imine (C=N–C) groups is 1. The number of carbonyl (C=O) groups excluding carboxylic acids is 1. The van der Waals surface area contributed by atoms with Crippen LogP contribution in [0.4, 0.5) is 24.5 Å². The monoisotopic (exact) mass is 436 g/mol. The van der Waals surface area contributed by atoms with Gasteiger partial charge in [-0.3, -0.25) is 9.79 Å². The molecule has 0 radical (unpaired) electrons. The minimum Gasteiger partial charge on any atom is -0.406 e. The molecule has 2 rings (SSSR count). The SMILES string of the molecule is CCNc1cc(C(=O)N(C)CCNC)ccc1C(C)=Nc1ccc(OC(F)(F)F)cc1. The number of benzene rings is 2. The number of carbonyl (C=O) groups is 1. The summed E-state index contributed by atoms with van der Waals surface area (Å²) >= 11 is 0. The van der Waals surface area contributed by atoms with Gasteiger partial charge >= 0.3 is 6.36 Å². The van der Waals surface area contributed by atoms with E-state index in [1.54, 1.807) is 31.0 Å². The Balaban J connectivity index is 2.26. The molecule has 0 bridgehead atoms. The standard InChI is InChI=1S/C22H27F3N4O2/c1-5-27-20-14-16(21(30)29(4)13-12-26-3)6-11-19(20)15(2)28-17-7-9-18(10-8-17)31-22(23,24)25/h6-11,14,26-27H,5,12-13H2,1-4H3. The average Bonchev–Trinajstić information content (AvgIpc) is 2.72. The Morgan fingerprint density at radius 3 is 2.42 bits per heavy atom. The molecule has 1 amide bonds. The van der Waals surface area contributed by atoms with Gasteiger partial charge in [0.15, 0.2) is 0 Å². The fraction of sp³-hybridized carbons (Fsp3) is 0.364. The third kappa shape index (κ3) is 7.29. The van der Waals surface area contributed by atoms with Gasteiger partial charge in [-0.2, -0.15) is 0 Å². The van der Waals surface area contributed by atoms with Gasteiger partial charge in [-0.05, 0) is 57.3 Å². The van der Waals surface area contributed by atoms with Crippen LogP contribution in [0.25, 0.3) is 0 Å². The maximum Gasteiger partial charge on any atom is 0.573 e. The van der Waals surface area contributed by atoms with Crippen molar-refractivity contribution in [3.63, 3.8) is 0 Å². The first-order chi connectivity index (χ1) is 14.6. The summed E-state index contributed by atoms with van der Waals surface area (Å²) in [5, 5.41) is 6.26. The molecule has 0 aliphatic carbocycles. The van der Waals surface area contributed by atoms with E-state index in [0.717, 1.165) is 11.3 Å². The molecule has 31 heavy (non-hydrogen) atoms. The topological polar surface area (TPSA) is 66.0 Å². The molecule has 2 N–H and O–H groups in total. The molecule has 0 fully saturated rings. The summed E-state index contributed by atoms with van der Waals surface area (Å²) in [5.74, 6) is -0.390. The zero-order valence-electron chi connectivity index (χ0n) is 18.0. The molecule has 2 aromatic carbocycles. The molecule has 0 aromatic heterocycles. The van der Waals surface area contributed by atoms with Crippen molar-refractivity contribution in [1.29, 1.82) is 0 Å². The molecule has 0 unspecified atom stereocenters. The van der Waals surface area contributed by atoms with E-state index in [1.807, 2.05) is 20.0 Å². The number of hydrogen-bond acceptors (Lipinski definition) is 5. The van der Waals surface area contributed by atoms with E-state index in [4.69, 9.17) is 0 Å². The van der Waals surface area contributed by atoms with E-state index in [0.29, 0.717) is 36.6 Å². The number of alkyl halides is 3. The first-order valence-corrected chi connectivity index (χ1v) is 9.84. The maximum atomic E-state index is 12.7. The molecule has 9 heteroatoms. The van der Waals surface area contributed by atoms with Crippen LogP contribution in [-0.4, -0.2) is 56.6 Å². The Labute approximate surface area is 180 Å². The number of nitrogens with zero attached hydrogens (tertiary/aromatic N) is 2. The number of rotatable bonds is 9. The highest BCUT2D eigenvalue weighted by atomic mass is 19.4. The van der Waals surface area contributed by atoms with Crippen molar-refractivity contribution >= 4 is 23.0 Å². The number of anilines is 1. The Morgan fingerprint density at radius 2 is 1.84 bits per heavy atom. The lowest BCUT2D eigenvalue weighted by Gasteiger charge is -2.18. The minimum absolute atomic E-state index is 0.0872. The molecule has 2 aromatic rings. The van der Waals surface area contributed by atoms with Gasteiger partial charge in [-0.25, -0.2) is 0 Å². The molecule has 0 aliphatic heterocycles. The van der Waals surface area contributed by atoms with Gasteiger partial charge in [-0.1, -0.05) is 6.07 Å². The second-order valence-corrected chi connectivity index (χ2v) is 6.86. The molecule has 0 saturated carbocycles. The van der Waals surface area contributed by atoms with Gasteiger partial charge in [0.05, 0.1) is 5.69 Å². The quantitative estimate of drug-likeness (QED) is 0.570. The normalized spacial score (nSPS) is 11.9. The Hall–Kier alpha value is -3.07. The molecular weight excluding hydrogens is 409 g/mol. The summed E-state index contributed by atoms with van der Waals surface area (Å²) in [6, 6.07) is 10.7. The van der Waals surface area contributed by atoms with Crippen molar-refractivity contribution in [2.75, 3.05) is 39.0 Å². The van der Waals surface area contributed by atoms with E-state index in [2.05, 4.69) is 20.4 Å². The van der Waals surface area contributed by atoms with Crippen LogP contribution >= 0.6 is 0 Å². The highest BCUT2D eigenvalue weighted by Gasteiger charge is 2.30. The predicted octanol–water partition coefficient (Wildman–Crippen LogP) is 4.45. The highest BCUT2D eigenvalue weighted by Crippen LogP contribution is 2.26. The van der Waals surface area contributed by atoms with Crippen LogP contribution in [0.5, 0.6) is 5.75 Å². The molecule has 0 aliphatic rings. The van der Waals surface area contributed by atoms with E-state index in [-0.39, 0.29) is 11.7 Å². The number of amides is 1. The third-order valence-corrected chi connectivity index (χ3v) is 4.43. The zero-order chi connectivity index (χ0) is 23.0. The summed E-state index contributed by atoms with van der Waals surface area (Å²) in [7, 11) is 3.58. The van der Waals surface area contributed by atoms with Crippen LogP contribution in [0.1, 0.15) is 29.8 Å². The summed E-state index contributed by atoms with van der Waals surface area (Å²) in [4.78, 5) is 18.8. The average molecular weight is 436 g/mol. The van der Waals surface area contributed by atoms with E-state index < -0.39 is 6.36 Å². The molecule has 168 valence electrons. The third-order valence-electron chi connectivity index (χ3n) is 4.43. The highest BCUT2D eigenvalue weighted by molar-refractivity contribution is 6.06. The Morgan fingerprint density at radius 1 is 1.16 bits per heavy atom. The van der Waals surface area contributed by atoms with Crippen LogP contribution < -0.4 is 15.4 Å². The number of nitrogens with one attached hydrogen (secondary N) is 2. The minimum atomic E-state index is -4.73. The van der Waals surface area contributed by atoms with E-state index in [9.17, 15) is 18.0 Å². The van der Waals surface area contributed by atoms with Crippen molar-refractivity contribution in [2.24, 2.45) is 4.99 Å². The van der Waals surface area contributed by atoms with Crippen molar-refractivity contribution in [2.45, 2.75) is 20.2 Å². The van der Waals surface area contributed by atoms with E-state index >= 15 is 0 Å². The zero-order valence-corrected chi connectivity index (χ0v) is 18.0. The van der Waals surface area contributed by atoms with Gasteiger partial charge in [0.25, 0.3) is 5.91 Å². The molecule has 0 heterocycles. The number of likely N-dealkylation sites (N-methyl/N-ethyl adjacent to an activating group) is 2. The van der Waals surface area contributed by atoms with Gasteiger partial charge in [0.1, 0.15) is 5.75 Å². The lowest BCUT2D eigenvalue weighted by atomic mass is 10.0. The Bertz CT molecular complexity index is 912. The molecular formula is C22H27F3N4O2. The van der Waals surface area contributed by atoms with E-state index in [1.165, 1.54) is 24.3 Å². The second kappa shape index (κ2) is 10.8. The summed E-state index contributed by atoms with van der Waals surface area (Å²) in [6.45, 7) is 5.68. The molecule has 0 atom stereocenters. The van der Waals surface area contributed by atoms with Crippen molar-refractivity contribution < 1.29 is 22.7 Å². The van der Waals surface area contributed by atoms with Crippen molar-refractivity contribution in [1.82, 2.24) is 10.2 Å². The smallest absolute Gasteiger partial charge is 0.406 e. The van der Waals surface area contributed by atoms with Gasteiger partial charge in [-0.15, -0.1) is 13.2 Å². The Kier molecular flexibility index (Phi) is 8.44. The molecule has 0 spiro atoms. The van der Waals surface area contributed by atoms with Gasteiger partial charge in [0.2, 0.25) is 0 Å². The van der Waals surface area contributed by atoms with Gasteiger partial charge in [0, 0.05) is 49.2 Å². The van der Waals surface area contributed by atoms with Crippen LogP contribution in [0.2, 0.25) is 0 Å². The summed E-state index contributed by atoms with van der Waals surface area (Å²) < 4.78 is 40.8. The number of hydrogen-bond donors (Lipinski definition) is 2. The van der Waals surface area contributed by atoms with Crippen LogP contribution in [-0.2, 0) is 0 Å². The van der Waals surface area contributed by atoms with Crippen molar-refractivity contribution in [3.8, 4) is 5.75 Å². The fourth-order valence-corrected chi connectivity index (χ4v) is 2.91. The first kappa shape index (κ1) is 24.2. The fourth-order valence-electron chi connectivity index (χ4n) is 2.91. The van der Waals surface area contributed by atoms with Crippen LogP contribution in [0.15, 0.2) is 47.5 Å². The van der Waals surface area contributed by atoms with Crippen LogP contribution in [0, 0.1) is 0 Å². The number of ether oxygens (including phenoxy) is 1. The lowest BCUT2D eigenvalue weighted by Crippen LogP contribution is -2.32. The molecule has 0 saturated heterocycles. The van der Waals surface area contributed by atoms with Gasteiger partial charge < -0.3 is 20.3 Å². The maximum absolute atomic E-state index is 12.7. The summed E-state index contributed by atoms with van der Waals surface area (Å²) in [5.41, 5.74) is 3.25. The van der Waals surface area contributed by atoms with Crippen molar-refractivity contribution in [3.05, 3.63) is 53.6 Å².